The zero-order valence-corrected chi connectivity index (χ0v) is 19.3. The van der Waals surface area contributed by atoms with Crippen molar-refractivity contribution in [2.75, 3.05) is 6.23 Å². The Hall–Kier alpha value is 0.748. The second-order valence-corrected chi connectivity index (χ2v) is 25.7. The fraction of sp³-hybridized carbons (Fsp3) is 1.00. The molecule has 0 unspecified atom stereocenters. The molecule has 0 aliphatic rings. The summed E-state index contributed by atoms with van der Waals surface area (Å²) in [6.45, 7) is 22.5. The van der Waals surface area contributed by atoms with Gasteiger partial charge in [-0.05, 0) is 65.0 Å². The Bertz CT molecular complexity index is 273. The molecule has 3 nitrogen and oxygen atoms in total. The molecule has 0 spiro atoms. The molecule has 0 aromatic heterocycles. The van der Waals surface area contributed by atoms with Crippen molar-refractivity contribution in [1.82, 2.24) is 0 Å². The molecule has 0 fully saturated rings. The van der Waals surface area contributed by atoms with Crippen LogP contribution in [0.15, 0.2) is 0 Å². The average Bonchev–Trinajstić information content (AvgIpc) is 2.08. The molecular weight excluding hydrogens is 316 g/mol. The van der Waals surface area contributed by atoms with Gasteiger partial charge in [0, 0.05) is 0 Å². The molecule has 0 aromatic rings. The van der Waals surface area contributed by atoms with Crippen LogP contribution in [-0.4, -0.2) is 39.7 Å². The Labute approximate surface area is 131 Å². The minimum absolute atomic E-state index is 0.713. The van der Waals surface area contributed by atoms with Gasteiger partial charge in [-0.15, -0.1) is 0 Å². The molecule has 0 amide bonds. The highest BCUT2D eigenvalue weighted by Crippen LogP contribution is 2.27. The second-order valence-electron chi connectivity index (χ2n) is 8.49. The number of hydrogen-bond acceptors (Lipinski definition) is 3. The first-order valence-electron chi connectivity index (χ1n) is 7.72. The minimum Gasteiger partial charge on any atom is -0.435 e. The molecule has 0 heterocycles. The van der Waals surface area contributed by atoms with Crippen molar-refractivity contribution in [3.05, 3.63) is 0 Å². The molecule has 0 aliphatic heterocycles. The molecular formula is C13H36O3Si4. The highest BCUT2D eigenvalue weighted by atomic mass is 28.5. The van der Waals surface area contributed by atoms with Gasteiger partial charge in [-0.3, -0.25) is 0 Å². The van der Waals surface area contributed by atoms with Gasteiger partial charge < -0.3 is 12.7 Å². The third-order valence-electron chi connectivity index (χ3n) is 2.34. The monoisotopic (exact) mass is 352 g/mol. The average molecular weight is 353 g/mol. The standard InChI is InChI=1S/C13H36O3Si4/c1-11-12-20(15-18(5,6)7,16-19(8,9)10)13-14-17(2,3)4/h11-13H2,1-10H3. The first-order chi connectivity index (χ1) is 8.68. The van der Waals surface area contributed by atoms with E-state index in [1.807, 2.05) is 0 Å². The van der Waals surface area contributed by atoms with E-state index >= 15 is 0 Å². The molecule has 0 aliphatic carbocycles. The van der Waals surface area contributed by atoms with Gasteiger partial charge in [0.2, 0.25) is 0 Å². The lowest BCUT2D eigenvalue weighted by molar-refractivity contribution is 0.282. The molecule has 0 N–H and O–H groups in total. The molecule has 20 heavy (non-hydrogen) atoms. The van der Waals surface area contributed by atoms with Crippen molar-refractivity contribution < 1.29 is 12.7 Å². The summed E-state index contributed by atoms with van der Waals surface area (Å²) in [6, 6.07) is 1.05. The van der Waals surface area contributed by atoms with Gasteiger partial charge in [-0.1, -0.05) is 13.3 Å². The van der Waals surface area contributed by atoms with Crippen molar-refractivity contribution in [3.63, 3.8) is 0 Å². The van der Waals surface area contributed by atoms with Crippen LogP contribution >= 0.6 is 0 Å². The van der Waals surface area contributed by atoms with Crippen molar-refractivity contribution >= 4 is 33.5 Å². The van der Waals surface area contributed by atoms with E-state index in [9.17, 15) is 0 Å². The van der Waals surface area contributed by atoms with Crippen molar-refractivity contribution in [3.8, 4) is 0 Å². The molecule has 7 heteroatoms. The number of hydrogen-bond donors (Lipinski definition) is 0. The van der Waals surface area contributed by atoms with Gasteiger partial charge in [0.15, 0.2) is 25.0 Å². The summed E-state index contributed by atoms with van der Waals surface area (Å²) >= 11 is 0. The molecule has 122 valence electrons. The van der Waals surface area contributed by atoms with Crippen LogP contribution in [0.3, 0.4) is 0 Å². The van der Waals surface area contributed by atoms with Crippen molar-refractivity contribution in [2.45, 2.75) is 78.3 Å². The highest BCUT2D eigenvalue weighted by molar-refractivity contribution is 6.88. The SMILES string of the molecule is CCC[Si](CO[Si](C)(C)C)(O[Si](C)(C)C)O[Si](C)(C)C. The van der Waals surface area contributed by atoms with E-state index < -0.39 is 33.5 Å². The summed E-state index contributed by atoms with van der Waals surface area (Å²) in [4.78, 5) is 0. The fourth-order valence-electron chi connectivity index (χ4n) is 2.08. The maximum Gasteiger partial charge on any atom is 0.342 e. The summed E-state index contributed by atoms with van der Waals surface area (Å²) in [5.41, 5.74) is 0. The van der Waals surface area contributed by atoms with E-state index in [-0.39, 0.29) is 0 Å². The fourth-order valence-corrected chi connectivity index (χ4v) is 16.4. The molecule has 0 rings (SSSR count). The molecule has 0 saturated heterocycles. The summed E-state index contributed by atoms with van der Waals surface area (Å²) in [5, 5.41) is 0. The zero-order chi connectivity index (χ0) is 16.2. The van der Waals surface area contributed by atoms with Crippen LogP contribution in [0.4, 0.5) is 0 Å². The topological polar surface area (TPSA) is 27.7 Å². The lowest BCUT2D eigenvalue weighted by atomic mass is 10.6. The van der Waals surface area contributed by atoms with Crippen LogP contribution in [0.2, 0.25) is 65.0 Å². The second kappa shape index (κ2) is 7.34. The van der Waals surface area contributed by atoms with Gasteiger partial charge >= 0.3 is 8.56 Å². The Balaban J connectivity index is 5.21. The Kier molecular flexibility index (Phi) is 7.62. The quantitative estimate of drug-likeness (QED) is 0.550. The smallest absolute Gasteiger partial charge is 0.342 e. The first-order valence-corrected chi connectivity index (χ1v) is 20.2. The Morgan fingerprint density at radius 2 is 1.05 bits per heavy atom. The molecule has 0 radical (unpaired) electrons. The van der Waals surface area contributed by atoms with E-state index in [1.54, 1.807) is 0 Å². The number of rotatable bonds is 9. The molecule has 0 atom stereocenters. The van der Waals surface area contributed by atoms with Gasteiger partial charge in [-0.2, -0.15) is 0 Å². The van der Waals surface area contributed by atoms with Crippen LogP contribution in [0.1, 0.15) is 13.3 Å². The molecule has 0 saturated carbocycles. The summed E-state index contributed by atoms with van der Waals surface area (Å²) in [5.74, 6) is 0. The Morgan fingerprint density at radius 1 is 0.650 bits per heavy atom. The third-order valence-corrected chi connectivity index (χ3v) is 13.4. The van der Waals surface area contributed by atoms with Crippen LogP contribution in [0, 0.1) is 0 Å². The van der Waals surface area contributed by atoms with E-state index in [1.165, 1.54) is 0 Å². The lowest BCUT2D eigenvalue weighted by Gasteiger charge is -2.41. The summed E-state index contributed by atoms with van der Waals surface area (Å²) in [7, 11) is -7.04. The van der Waals surface area contributed by atoms with E-state index in [4.69, 9.17) is 12.7 Å². The van der Waals surface area contributed by atoms with Crippen LogP contribution in [0.5, 0.6) is 0 Å². The van der Waals surface area contributed by atoms with Gasteiger partial charge in [0.25, 0.3) is 0 Å². The minimum atomic E-state index is -2.24. The van der Waals surface area contributed by atoms with E-state index in [0.717, 1.165) is 12.5 Å². The maximum atomic E-state index is 6.62. The molecule has 0 bridgehead atoms. The van der Waals surface area contributed by atoms with Gasteiger partial charge in [0.05, 0.1) is 6.23 Å². The van der Waals surface area contributed by atoms with Crippen LogP contribution < -0.4 is 0 Å². The third kappa shape index (κ3) is 10.5. The zero-order valence-electron chi connectivity index (χ0n) is 15.3. The maximum absolute atomic E-state index is 6.62. The predicted octanol–water partition coefficient (Wildman–Crippen LogP) is 4.93. The molecule has 0 aromatic carbocycles. The summed E-state index contributed by atoms with van der Waals surface area (Å²) < 4.78 is 19.5. The van der Waals surface area contributed by atoms with Crippen molar-refractivity contribution in [1.29, 1.82) is 0 Å². The van der Waals surface area contributed by atoms with Crippen molar-refractivity contribution in [2.24, 2.45) is 0 Å². The normalized spacial score (nSPS) is 14.7. The summed E-state index contributed by atoms with van der Waals surface area (Å²) in [6.07, 6.45) is 1.82. The first kappa shape index (κ1) is 20.7. The largest absolute Gasteiger partial charge is 0.435 e. The van der Waals surface area contributed by atoms with Gasteiger partial charge in [-0.25, -0.2) is 0 Å². The predicted molar refractivity (Wildman–Crippen MR) is 99.0 cm³/mol. The van der Waals surface area contributed by atoms with E-state index in [0.29, 0.717) is 6.23 Å². The van der Waals surface area contributed by atoms with Crippen LogP contribution in [-0.2, 0) is 12.7 Å². The highest BCUT2D eigenvalue weighted by Gasteiger charge is 2.45. The Morgan fingerprint density at radius 3 is 1.30 bits per heavy atom. The van der Waals surface area contributed by atoms with Gasteiger partial charge in [0.1, 0.15) is 0 Å². The van der Waals surface area contributed by atoms with E-state index in [2.05, 4.69) is 65.8 Å². The lowest BCUT2D eigenvalue weighted by Crippen LogP contribution is -2.59. The van der Waals surface area contributed by atoms with Crippen LogP contribution in [0.25, 0.3) is 0 Å².